The van der Waals surface area contributed by atoms with E-state index in [1.165, 1.54) is 25.1 Å². The molecule has 0 bridgehead atoms. The van der Waals surface area contributed by atoms with Gasteiger partial charge in [0.05, 0.1) is 16.1 Å². The minimum atomic E-state index is -5.04. The quantitative estimate of drug-likeness (QED) is 0.804. The summed E-state index contributed by atoms with van der Waals surface area (Å²) < 4.78 is 78.2. The van der Waals surface area contributed by atoms with Gasteiger partial charge in [-0.15, -0.1) is 0 Å². The lowest BCUT2D eigenvalue weighted by molar-refractivity contribution is -0.140. The highest BCUT2D eigenvalue weighted by Gasteiger charge is 2.35. The van der Waals surface area contributed by atoms with Gasteiger partial charge in [-0.3, -0.25) is 9.52 Å². The summed E-state index contributed by atoms with van der Waals surface area (Å²) in [7, 11) is -4.45. The predicted octanol–water partition coefficient (Wildman–Crippen LogP) is 3.05. The average molecular weight is 376 g/mol. The molecule has 0 unspecified atom stereocenters. The van der Waals surface area contributed by atoms with Crippen LogP contribution in [0.5, 0.6) is 0 Å². The summed E-state index contributed by atoms with van der Waals surface area (Å²) in [5.41, 5.74) is 3.69. The molecule has 0 spiro atoms. The van der Waals surface area contributed by atoms with E-state index in [0.29, 0.717) is 12.1 Å². The number of hydrogen-bond acceptors (Lipinski definition) is 3. The van der Waals surface area contributed by atoms with Crippen molar-refractivity contribution in [2.24, 2.45) is 5.73 Å². The van der Waals surface area contributed by atoms with E-state index < -0.39 is 38.4 Å². The topological polar surface area (TPSA) is 89.3 Å². The average Bonchev–Trinajstić information content (AvgIpc) is 2.48. The van der Waals surface area contributed by atoms with Crippen molar-refractivity contribution in [3.63, 3.8) is 0 Å². The van der Waals surface area contributed by atoms with Crippen LogP contribution in [0, 0.1) is 12.7 Å². The molecule has 2 aromatic carbocycles. The number of carbonyl (C=O) groups excluding carboxylic acids is 1. The SMILES string of the molecule is Cc1c(NS(=O)(=O)c2ccc(F)c(C(F)(F)F)c2)cccc1C(N)=O. The fourth-order valence-corrected chi connectivity index (χ4v) is 3.25. The fourth-order valence-electron chi connectivity index (χ4n) is 2.11. The monoisotopic (exact) mass is 376 g/mol. The van der Waals surface area contributed by atoms with E-state index in [4.69, 9.17) is 5.73 Å². The minimum Gasteiger partial charge on any atom is -0.366 e. The van der Waals surface area contributed by atoms with Crippen LogP contribution in [0.2, 0.25) is 0 Å². The van der Waals surface area contributed by atoms with Gasteiger partial charge in [0, 0.05) is 5.56 Å². The van der Waals surface area contributed by atoms with E-state index >= 15 is 0 Å². The first-order chi connectivity index (χ1) is 11.4. The molecule has 25 heavy (non-hydrogen) atoms. The van der Waals surface area contributed by atoms with Gasteiger partial charge in [0.15, 0.2) is 0 Å². The molecule has 0 aromatic heterocycles. The van der Waals surface area contributed by atoms with Crippen molar-refractivity contribution in [3.8, 4) is 0 Å². The minimum absolute atomic E-state index is 0.0332. The van der Waals surface area contributed by atoms with E-state index in [-0.39, 0.29) is 22.9 Å². The summed E-state index contributed by atoms with van der Waals surface area (Å²) in [4.78, 5) is 10.5. The number of benzene rings is 2. The molecule has 2 rings (SSSR count). The van der Waals surface area contributed by atoms with E-state index in [1.807, 2.05) is 0 Å². The molecule has 0 heterocycles. The van der Waals surface area contributed by atoms with E-state index in [2.05, 4.69) is 4.72 Å². The first-order valence-corrected chi connectivity index (χ1v) is 8.21. The Balaban J connectivity index is 2.48. The maximum atomic E-state index is 13.3. The highest BCUT2D eigenvalue weighted by molar-refractivity contribution is 7.92. The fraction of sp³-hybridized carbons (Fsp3) is 0.133. The van der Waals surface area contributed by atoms with Crippen molar-refractivity contribution in [1.82, 2.24) is 0 Å². The van der Waals surface area contributed by atoms with Crippen molar-refractivity contribution in [1.29, 1.82) is 0 Å². The summed E-state index contributed by atoms with van der Waals surface area (Å²) >= 11 is 0. The lowest BCUT2D eigenvalue weighted by atomic mass is 10.1. The van der Waals surface area contributed by atoms with Gasteiger partial charge in [0.2, 0.25) is 5.91 Å². The second kappa shape index (κ2) is 6.36. The Bertz CT molecular complexity index is 940. The standard InChI is InChI=1S/C15H12F4N2O3S/c1-8-10(14(20)22)3-2-4-13(8)21-25(23,24)9-5-6-12(16)11(7-9)15(17,18)19/h2-7,21H,1H3,(H2,20,22). The molecule has 10 heteroatoms. The van der Waals surface area contributed by atoms with Gasteiger partial charge in [0.25, 0.3) is 10.0 Å². The summed E-state index contributed by atoms with van der Waals surface area (Å²) in [6.45, 7) is 1.42. The number of nitrogens with two attached hydrogens (primary N) is 1. The Morgan fingerprint density at radius 3 is 2.36 bits per heavy atom. The summed E-state index contributed by atoms with van der Waals surface area (Å²) in [5, 5.41) is 0. The number of hydrogen-bond donors (Lipinski definition) is 2. The molecule has 2 aromatic rings. The van der Waals surface area contributed by atoms with Gasteiger partial charge in [0.1, 0.15) is 5.82 Å². The molecule has 0 saturated heterocycles. The predicted molar refractivity (Wildman–Crippen MR) is 81.9 cm³/mol. The van der Waals surface area contributed by atoms with Crippen LogP contribution in [0.15, 0.2) is 41.3 Å². The van der Waals surface area contributed by atoms with Crippen LogP contribution in [0.25, 0.3) is 0 Å². The smallest absolute Gasteiger partial charge is 0.366 e. The zero-order valence-corrected chi connectivity index (χ0v) is 13.5. The third-order valence-corrected chi connectivity index (χ3v) is 4.76. The molecule has 5 nitrogen and oxygen atoms in total. The second-order valence-electron chi connectivity index (χ2n) is 5.09. The molecule has 0 radical (unpaired) electrons. The molecular formula is C15H12F4N2O3S. The Morgan fingerprint density at radius 2 is 1.80 bits per heavy atom. The Kier molecular flexibility index (Phi) is 4.76. The number of alkyl halides is 3. The van der Waals surface area contributed by atoms with Gasteiger partial charge in [-0.05, 0) is 42.8 Å². The molecule has 0 aliphatic heterocycles. The Morgan fingerprint density at radius 1 is 1.16 bits per heavy atom. The van der Waals surface area contributed by atoms with E-state index in [9.17, 15) is 30.8 Å². The molecular weight excluding hydrogens is 364 g/mol. The first-order valence-electron chi connectivity index (χ1n) is 6.72. The van der Waals surface area contributed by atoms with Crippen LogP contribution < -0.4 is 10.5 Å². The molecule has 0 atom stereocenters. The molecule has 1 amide bonds. The second-order valence-corrected chi connectivity index (χ2v) is 6.77. The molecule has 0 aliphatic rings. The van der Waals surface area contributed by atoms with Crippen molar-refractivity contribution >= 4 is 21.6 Å². The lowest BCUT2D eigenvalue weighted by Crippen LogP contribution is -2.18. The Labute approximate surface area is 140 Å². The maximum Gasteiger partial charge on any atom is 0.419 e. The van der Waals surface area contributed by atoms with Crippen LogP contribution in [0.3, 0.4) is 0 Å². The van der Waals surface area contributed by atoms with Gasteiger partial charge in [-0.25, -0.2) is 12.8 Å². The molecule has 134 valence electrons. The first kappa shape index (κ1) is 18.7. The lowest BCUT2D eigenvalue weighted by Gasteiger charge is -2.14. The summed E-state index contributed by atoms with van der Waals surface area (Å²) in [6.07, 6.45) is -5.04. The van der Waals surface area contributed by atoms with Crippen molar-refractivity contribution in [2.45, 2.75) is 18.0 Å². The Hall–Kier alpha value is -2.62. The largest absolute Gasteiger partial charge is 0.419 e. The van der Waals surface area contributed by atoms with Crippen molar-refractivity contribution < 1.29 is 30.8 Å². The van der Waals surface area contributed by atoms with Crippen LogP contribution in [-0.4, -0.2) is 14.3 Å². The number of carbonyl (C=O) groups is 1. The highest BCUT2D eigenvalue weighted by Crippen LogP contribution is 2.33. The normalized spacial score (nSPS) is 12.0. The maximum absolute atomic E-state index is 13.3. The number of amides is 1. The van der Waals surface area contributed by atoms with Crippen LogP contribution >= 0.6 is 0 Å². The van der Waals surface area contributed by atoms with Crippen LogP contribution in [0.1, 0.15) is 21.5 Å². The third kappa shape index (κ3) is 3.90. The number of anilines is 1. The summed E-state index contributed by atoms with van der Waals surface area (Å²) in [6, 6.07) is 5.37. The molecule has 0 fully saturated rings. The van der Waals surface area contributed by atoms with Crippen LogP contribution in [-0.2, 0) is 16.2 Å². The number of halogens is 4. The van der Waals surface area contributed by atoms with Crippen LogP contribution in [0.4, 0.5) is 23.2 Å². The molecule has 0 saturated carbocycles. The van der Waals surface area contributed by atoms with Crippen molar-refractivity contribution in [2.75, 3.05) is 4.72 Å². The number of nitrogens with one attached hydrogen (secondary N) is 1. The van der Waals surface area contributed by atoms with Gasteiger partial charge >= 0.3 is 6.18 Å². The number of primary amides is 1. The molecule has 0 aliphatic carbocycles. The zero-order chi connectivity index (χ0) is 19.0. The van der Waals surface area contributed by atoms with Gasteiger partial charge in [-0.1, -0.05) is 6.07 Å². The number of rotatable bonds is 4. The summed E-state index contributed by atoms with van der Waals surface area (Å²) in [5.74, 6) is -2.38. The highest BCUT2D eigenvalue weighted by atomic mass is 32.2. The third-order valence-electron chi connectivity index (χ3n) is 3.40. The number of sulfonamides is 1. The van der Waals surface area contributed by atoms with Gasteiger partial charge < -0.3 is 5.73 Å². The zero-order valence-electron chi connectivity index (χ0n) is 12.7. The van der Waals surface area contributed by atoms with Gasteiger partial charge in [-0.2, -0.15) is 13.2 Å². The van der Waals surface area contributed by atoms with Crippen molar-refractivity contribution in [3.05, 3.63) is 58.9 Å². The van der Waals surface area contributed by atoms with E-state index in [0.717, 1.165) is 0 Å². The molecule has 3 N–H and O–H groups in total. The van der Waals surface area contributed by atoms with E-state index in [1.54, 1.807) is 0 Å².